The maximum absolute atomic E-state index is 11.8. The first-order chi connectivity index (χ1) is 12.5. The van der Waals surface area contributed by atoms with Crippen molar-refractivity contribution >= 4 is 64.2 Å². The van der Waals surface area contributed by atoms with Crippen LogP contribution in [0.2, 0.25) is 15.1 Å². The Kier molecular flexibility index (Phi) is 10.1. The van der Waals surface area contributed by atoms with Crippen molar-refractivity contribution in [3.05, 3.63) is 63.1 Å². The van der Waals surface area contributed by atoms with Gasteiger partial charge in [-0.25, -0.2) is 0 Å². The average Bonchev–Trinajstić information content (AvgIpc) is 2.61. The van der Waals surface area contributed by atoms with E-state index in [1.807, 2.05) is 36.4 Å². The highest BCUT2D eigenvalue weighted by molar-refractivity contribution is 7.99. The molecule has 0 aliphatic rings. The molecule has 0 saturated heterocycles. The normalized spacial score (nSPS) is 10.7. The molecule has 0 spiro atoms. The minimum Gasteiger partial charge on any atom is -0.355 e. The van der Waals surface area contributed by atoms with Gasteiger partial charge in [-0.15, -0.1) is 11.8 Å². The average molecular weight is 449 g/mol. The zero-order chi connectivity index (χ0) is 18.8. The summed E-state index contributed by atoms with van der Waals surface area (Å²) >= 11 is 21.4. The molecule has 0 aliphatic carbocycles. The summed E-state index contributed by atoms with van der Waals surface area (Å²) in [5.41, 5.74) is 1.06. The molecule has 0 unspecified atom stereocenters. The fourth-order valence-electron chi connectivity index (χ4n) is 2.13. The van der Waals surface area contributed by atoms with E-state index in [0.29, 0.717) is 23.0 Å². The molecule has 0 heterocycles. The summed E-state index contributed by atoms with van der Waals surface area (Å²) in [5, 5.41) is 5.03. The Bertz CT molecular complexity index is 710. The van der Waals surface area contributed by atoms with Gasteiger partial charge >= 0.3 is 0 Å². The second-order valence-corrected chi connectivity index (χ2v) is 9.10. The van der Waals surface area contributed by atoms with Gasteiger partial charge in [-0.3, -0.25) is 4.79 Å². The Morgan fingerprint density at radius 1 is 0.962 bits per heavy atom. The third kappa shape index (κ3) is 8.45. The van der Waals surface area contributed by atoms with E-state index in [9.17, 15) is 4.79 Å². The minimum atomic E-state index is 0.104. The highest BCUT2D eigenvalue weighted by Gasteiger charge is 2.03. The molecular formula is C19H20Cl3NOS2. The third-order valence-corrected chi connectivity index (χ3v) is 6.42. The fourth-order valence-corrected chi connectivity index (χ4v) is 4.52. The van der Waals surface area contributed by atoms with Gasteiger partial charge in [-0.1, -0.05) is 40.9 Å². The molecule has 0 bridgehead atoms. The summed E-state index contributed by atoms with van der Waals surface area (Å²) in [6.07, 6.45) is 1.40. The molecule has 140 valence electrons. The SMILES string of the molecule is O=C(CCCSc1ccc(Cl)cc1)NCCSCc1ccc(Cl)cc1Cl. The van der Waals surface area contributed by atoms with Crippen LogP contribution in [0, 0.1) is 0 Å². The van der Waals surface area contributed by atoms with Crippen molar-refractivity contribution in [1.29, 1.82) is 0 Å². The van der Waals surface area contributed by atoms with Crippen LogP contribution in [0.3, 0.4) is 0 Å². The van der Waals surface area contributed by atoms with E-state index in [1.54, 1.807) is 29.6 Å². The molecule has 2 rings (SSSR count). The van der Waals surface area contributed by atoms with Crippen LogP contribution in [0.5, 0.6) is 0 Å². The number of rotatable bonds is 10. The molecular weight excluding hydrogens is 429 g/mol. The summed E-state index contributed by atoms with van der Waals surface area (Å²) in [7, 11) is 0. The lowest BCUT2D eigenvalue weighted by molar-refractivity contribution is -0.120. The Balaban J connectivity index is 1.51. The number of hydrogen-bond acceptors (Lipinski definition) is 3. The summed E-state index contributed by atoms with van der Waals surface area (Å²) in [4.78, 5) is 13.0. The molecule has 1 N–H and O–H groups in total. The molecule has 0 radical (unpaired) electrons. The van der Waals surface area contributed by atoms with E-state index in [2.05, 4.69) is 5.32 Å². The standard InChI is InChI=1S/C19H20Cl3NOS2/c20-15-5-7-17(8-6-15)26-10-1-2-19(24)23-9-11-25-13-14-3-4-16(21)12-18(14)22/h3-8,12H,1-2,9-11,13H2,(H,23,24). The van der Waals surface area contributed by atoms with Crippen LogP contribution in [0.15, 0.2) is 47.4 Å². The monoisotopic (exact) mass is 447 g/mol. The Labute approximate surface area is 178 Å². The van der Waals surface area contributed by atoms with Gasteiger partial charge in [0.1, 0.15) is 0 Å². The van der Waals surface area contributed by atoms with Crippen LogP contribution in [0.1, 0.15) is 18.4 Å². The third-order valence-electron chi connectivity index (χ3n) is 3.47. The van der Waals surface area contributed by atoms with E-state index in [0.717, 1.165) is 34.3 Å². The fraction of sp³-hybridized carbons (Fsp3) is 0.316. The maximum atomic E-state index is 11.8. The summed E-state index contributed by atoms with van der Waals surface area (Å²) in [5.74, 6) is 2.68. The number of benzene rings is 2. The molecule has 0 fully saturated rings. The molecule has 0 aromatic heterocycles. The minimum absolute atomic E-state index is 0.104. The topological polar surface area (TPSA) is 29.1 Å². The number of amides is 1. The van der Waals surface area contributed by atoms with Crippen molar-refractivity contribution in [3.63, 3.8) is 0 Å². The summed E-state index contributed by atoms with van der Waals surface area (Å²) in [6.45, 7) is 0.666. The first-order valence-electron chi connectivity index (χ1n) is 8.21. The largest absolute Gasteiger partial charge is 0.355 e. The Hall–Kier alpha value is -0.520. The first kappa shape index (κ1) is 21.8. The lowest BCUT2D eigenvalue weighted by atomic mass is 10.2. The van der Waals surface area contributed by atoms with Crippen LogP contribution < -0.4 is 5.32 Å². The second-order valence-electron chi connectivity index (χ2n) is 5.54. The van der Waals surface area contributed by atoms with Gasteiger partial charge in [-0.05, 0) is 54.1 Å². The van der Waals surface area contributed by atoms with E-state index in [1.165, 1.54) is 4.90 Å². The van der Waals surface area contributed by atoms with Crippen LogP contribution in [-0.4, -0.2) is 24.0 Å². The van der Waals surface area contributed by atoms with E-state index in [4.69, 9.17) is 34.8 Å². The lowest BCUT2D eigenvalue weighted by Crippen LogP contribution is -2.25. The number of carbonyl (C=O) groups is 1. The molecule has 0 atom stereocenters. The van der Waals surface area contributed by atoms with Crippen molar-refractivity contribution in [3.8, 4) is 0 Å². The van der Waals surface area contributed by atoms with Crippen LogP contribution in [0.25, 0.3) is 0 Å². The van der Waals surface area contributed by atoms with Gasteiger partial charge in [0.15, 0.2) is 0 Å². The van der Waals surface area contributed by atoms with Gasteiger partial charge in [0.05, 0.1) is 0 Å². The quantitative estimate of drug-likeness (QED) is 0.329. The van der Waals surface area contributed by atoms with Crippen LogP contribution >= 0.6 is 58.3 Å². The number of nitrogens with one attached hydrogen (secondary N) is 1. The molecule has 0 aliphatic heterocycles. The zero-order valence-corrected chi connectivity index (χ0v) is 18.0. The second kappa shape index (κ2) is 12.0. The Morgan fingerprint density at radius 2 is 1.69 bits per heavy atom. The predicted molar refractivity (Wildman–Crippen MR) is 117 cm³/mol. The highest BCUT2D eigenvalue weighted by Crippen LogP contribution is 2.24. The van der Waals surface area contributed by atoms with Gasteiger partial charge in [0, 0.05) is 44.4 Å². The van der Waals surface area contributed by atoms with Crippen molar-refractivity contribution < 1.29 is 4.79 Å². The molecule has 7 heteroatoms. The summed E-state index contributed by atoms with van der Waals surface area (Å²) < 4.78 is 0. The van der Waals surface area contributed by atoms with Crippen molar-refractivity contribution in [1.82, 2.24) is 5.32 Å². The molecule has 0 saturated carbocycles. The summed E-state index contributed by atoms with van der Waals surface area (Å²) in [6, 6.07) is 13.3. The van der Waals surface area contributed by atoms with Crippen molar-refractivity contribution in [2.24, 2.45) is 0 Å². The molecule has 2 aromatic rings. The van der Waals surface area contributed by atoms with E-state index < -0.39 is 0 Å². The zero-order valence-electron chi connectivity index (χ0n) is 14.1. The van der Waals surface area contributed by atoms with Crippen LogP contribution in [-0.2, 0) is 10.5 Å². The number of halogens is 3. The number of carbonyl (C=O) groups excluding carboxylic acids is 1. The molecule has 1 amide bonds. The lowest BCUT2D eigenvalue weighted by Gasteiger charge is -2.07. The van der Waals surface area contributed by atoms with E-state index >= 15 is 0 Å². The van der Waals surface area contributed by atoms with E-state index in [-0.39, 0.29) is 5.91 Å². The number of hydrogen-bond donors (Lipinski definition) is 1. The molecule has 2 nitrogen and oxygen atoms in total. The van der Waals surface area contributed by atoms with Gasteiger partial charge in [0.2, 0.25) is 5.91 Å². The van der Waals surface area contributed by atoms with Gasteiger partial charge < -0.3 is 5.32 Å². The van der Waals surface area contributed by atoms with Crippen molar-refractivity contribution in [2.75, 3.05) is 18.1 Å². The van der Waals surface area contributed by atoms with Crippen molar-refractivity contribution in [2.45, 2.75) is 23.5 Å². The Morgan fingerprint density at radius 3 is 2.42 bits per heavy atom. The predicted octanol–water partition coefficient (Wildman–Crippen LogP) is 6.57. The number of thioether (sulfide) groups is 2. The first-order valence-corrected chi connectivity index (χ1v) is 11.5. The smallest absolute Gasteiger partial charge is 0.220 e. The van der Waals surface area contributed by atoms with Gasteiger partial charge in [-0.2, -0.15) is 11.8 Å². The van der Waals surface area contributed by atoms with Crippen LogP contribution in [0.4, 0.5) is 0 Å². The molecule has 2 aromatic carbocycles. The maximum Gasteiger partial charge on any atom is 0.220 e. The van der Waals surface area contributed by atoms with Gasteiger partial charge in [0.25, 0.3) is 0 Å². The molecule has 26 heavy (non-hydrogen) atoms. The highest BCUT2D eigenvalue weighted by atomic mass is 35.5.